The fourth-order valence-corrected chi connectivity index (χ4v) is 4.05. The molecule has 0 radical (unpaired) electrons. The number of anilines is 1. The third-order valence-electron chi connectivity index (χ3n) is 5.97. The zero-order chi connectivity index (χ0) is 25.5. The van der Waals surface area contributed by atoms with E-state index in [1.165, 1.54) is 0 Å². The van der Waals surface area contributed by atoms with Crippen molar-refractivity contribution in [2.75, 3.05) is 18.6 Å². The highest BCUT2D eigenvalue weighted by molar-refractivity contribution is 6.01. The lowest BCUT2D eigenvalue weighted by Gasteiger charge is -2.31. The molecule has 186 valence electrons. The Labute approximate surface area is 210 Å². The molecule has 0 aliphatic heterocycles. The van der Waals surface area contributed by atoms with Crippen molar-refractivity contribution >= 4 is 28.5 Å². The van der Waals surface area contributed by atoms with Gasteiger partial charge in [-0.1, -0.05) is 61.5 Å². The van der Waals surface area contributed by atoms with Gasteiger partial charge in [0.15, 0.2) is 0 Å². The minimum absolute atomic E-state index is 0.0681. The van der Waals surface area contributed by atoms with E-state index in [1.807, 2.05) is 66.7 Å². The van der Waals surface area contributed by atoms with Gasteiger partial charge in [-0.05, 0) is 54.3 Å². The van der Waals surface area contributed by atoms with Gasteiger partial charge in [-0.2, -0.15) is 0 Å². The molecular formula is C28H31N5O3. The van der Waals surface area contributed by atoms with Crippen molar-refractivity contribution in [1.82, 2.24) is 20.3 Å². The van der Waals surface area contributed by atoms with E-state index in [1.54, 1.807) is 28.8 Å². The van der Waals surface area contributed by atoms with Crippen LogP contribution in [0.4, 0.5) is 5.69 Å². The molecule has 1 atom stereocenters. The van der Waals surface area contributed by atoms with Crippen LogP contribution in [-0.2, 0) is 16.1 Å². The lowest BCUT2D eigenvalue weighted by atomic mass is 10.0. The van der Waals surface area contributed by atoms with Crippen LogP contribution in [0.25, 0.3) is 11.0 Å². The largest absolute Gasteiger partial charge is 0.497 e. The van der Waals surface area contributed by atoms with Gasteiger partial charge in [-0.25, -0.2) is 4.68 Å². The van der Waals surface area contributed by atoms with Gasteiger partial charge in [0.25, 0.3) is 0 Å². The first-order valence-electron chi connectivity index (χ1n) is 12.0. The van der Waals surface area contributed by atoms with Crippen molar-refractivity contribution < 1.29 is 14.3 Å². The average molecular weight is 486 g/mol. The van der Waals surface area contributed by atoms with E-state index < -0.39 is 6.04 Å². The number of aromatic nitrogens is 3. The summed E-state index contributed by atoms with van der Waals surface area (Å²) in [7, 11) is 1.59. The summed E-state index contributed by atoms with van der Waals surface area (Å²) in [6, 6.07) is 23.1. The summed E-state index contributed by atoms with van der Waals surface area (Å²) < 4.78 is 6.87. The Morgan fingerprint density at radius 1 is 0.972 bits per heavy atom. The second-order valence-corrected chi connectivity index (χ2v) is 8.98. The van der Waals surface area contributed by atoms with E-state index in [-0.39, 0.29) is 18.4 Å². The molecule has 0 spiro atoms. The van der Waals surface area contributed by atoms with Crippen LogP contribution in [0.1, 0.15) is 31.9 Å². The van der Waals surface area contributed by atoms with Crippen LogP contribution >= 0.6 is 0 Å². The number of ether oxygens (including phenoxy) is 1. The highest BCUT2D eigenvalue weighted by Gasteiger charge is 2.33. The van der Waals surface area contributed by atoms with E-state index in [9.17, 15) is 9.59 Å². The Bertz CT molecular complexity index is 1300. The number of para-hydroxylation sites is 2. The van der Waals surface area contributed by atoms with Crippen LogP contribution in [0, 0.1) is 5.92 Å². The molecule has 0 aliphatic carbocycles. The summed E-state index contributed by atoms with van der Waals surface area (Å²) in [6.07, 6.45) is 0.839. The molecule has 0 bridgehead atoms. The highest BCUT2D eigenvalue weighted by atomic mass is 16.5. The summed E-state index contributed by atoms with van der Waals surface area (Å²) in [4.78, 5) is 29.1. The molecule has 0 fully saturated rings. The van der Waals surface area contributed by atoms with Crippen molar-refractivity contribution in [3.63, 3.8) is 0 Å². The molecule has 4 rings (SSSR count). The predicted molar refractivity (Wildman–Crippen MR) is 140 cm³/mol. The fourth-order valence-electron chi connectivity index (χ4n) is 4.05. The SMILES string of the molecule is COc1ccc([C@H](C(=O)NCCC(C)C)N(C(=O)Cn2nnc3ccccc32)c2ccccc2)cc1. The molecule has 0 saturated heterocycles. The number of fused-ring (bicyclic) bond motifs is 1. The lowest BCUT2D eigenvalue weighted by molar-refractivity contribution is -0.127. The smallest absolute Gasteiger partial charge is 0.249 e. The number of amides is 2. The van der Waals surface area contributed by atoms with Gasteiger partial charge in [0.1, 0.15) is 23.9 Å². The molecule has 2 amide bonds. The van der Waals surface area contributed by atoms with Crippen molar-refractivity contribution in [3.05, 3.63) is 84.4 Å². The van der Waals surface area contributed by atoms with Crippen molar-refractivity contribution in [1.29, 1.82) is 0 Å². The number of nitrogens with zero attached hydrogens (tertiary/aromatic N) is 4. The van der Waals surface area contributed by atoms with E-state index in [0.717, 1.165) is 11.9 Å². The van der Waals surface area contributed by atoms with Crippen LogP contribution in [0.5, 0.6) is 5.75 Å². The first kappa shape index (κ1) is 24.9. The number of hydrogen-bond donors (Lipinski definition) is 1. The quantitative estimate of drug-likeness (QED) is 0.360. The molecule has 0 saturated carbocycles. The van der Waals surface area contributed by atoms with Crippen LogP contribution in [-0.4, -0.2) is 40.5 Å². The summed E-state index contributed by atoms with van der Waals surface area (Å²) in [5, 5.41) is 11.4. The Hall–Kier alpha value is -4.20. The zero-order valence-electron chi connectivity index (χ0n) is 20.8. The summed E-state index contributed by atoms with van der Waals surface area (Å²) >= 11 is 0. The van der Waals surface area contributed by atoms with Crippen molar-refractivity contribution in [2.45, 2.75) is 32.9 Å². The number of carbonyl (C=O) groups is 2. The van der Waals surface area contributed by atoms with E-state index in [2.05, 4.69) is 29.5 Å². The monoisotopic (exact) mass is 485 g/mol. The summed E-state index contributed by atoms with van der Waals surface area (Å²) in [6.45, 7) is 4.67. The highest BCUT2D eigenvalue weighted by Crippen LogP contribution is 2.30. The lowest BCUT2D eigenvalue weighted by Crippen LogP contribution is -2.45. The van der Waals surface area contributed by atoms with Gasteiger partial charge in [-0.3, -0.25) is 14.5 Å². The van der Waals surface area contributed by atoms with Gasteiger partial charge >= 0.3 is 0 Å². The van der Waals surface area contributed by atoms with Gasteiger partial charge in [0.05, 0.1) is 12.6 Å². The normalized spacial score (nSPS) is 11.9. The number of hydrogen-bond acceptors (Lipinski definition) is 5. The molecule has 0 unspecified atom stereocenters. The Balaban J connectivity index is 1.74. The fraction of sp³-hybridized carbons (Fsp3) is 0.286. The second-order valence-electron chi connectivity index (χ2n) is 8.98. The van der Waals surface area contributed by atoms with Crippen molar-refractivity contribution in [2.24, 2.45) is 5.92 Å². The maximum Gasteiger partial charge on any atom is 0.249 e. The zero-order valence-corrected chi connectivity index (χ0v) is 20.8. The summed E-state index contributed by atoms with van der Waals surface area (Å²) in [5.74, 6) is 0.583. The second kappa shape index (κ2) is 11.5. The van der Waals surface area contributed by atoms with E-state index in [0.29, 0.717) is 35.0 Å². The van der Waals surface area contributed by atoms with Crippen LogP contribution in [0.3, 0.4) is 0 Å². The molecule has 3 aromatic carbocycles. The molecule has 8 nitrogen and oxygen atoms in total. The maximum absolute atomic E-state index is 13.9. The van der Waals surface area contributed by atoms with Gasteiger partial charge in [0, 0.05) is 12.2 Å². The number of benzene rings is 3. The average Bonchev–Trinajstić information content (AvgIpc) is 3.30. The topological polar surface area (TPSA) is 89.4 Å². The molecule has 36 heavy (non-hydrogen) atoms. The molecule has 8 heteroatoms. The number of rotatable bonds is 10. The molecule has 1 aromatic heterocycles. The molecule has 0 aliphatic rings. The first-order valence-corrected chi connectivity index (χ1v) is 12.0. The molecule has 1 N–H and O–H groups in total. The first-order chi connectivity index (χ1) is 17.5. The standard InChI is InChI=1S/C28H31N5O3/c1-20(2)17-18-29-28(35)27(21-13-15-23(36-3)16-14-21)33(22-9-5-4-6-10-22)26(34)19-32-25-12-8-7-11-24(25)30-31-32/h4-16,20,27H,17-19H2,1-3H3,(H,29,35)/t27-/m1/s1. The van der Waals surface area contributed by atoms with Gasteiger partial charge < -0.3 is 10.1 Å². The number of nitrogens with one attached hydrogen (secondary N) is 1. The van der Waals surface area contributed by atoms with Gasteiger partial charge in [-0.15, -0.1) is 5.10 Å². The number of methoxy groups -OCH3 is 1. The third-order valence-corrected chi connectivity index (χ3v) is 5.97. The Kier molecular flexibility index (Phi) is 7.95. The number of carbonyl (C=O) groups excluding carboxylic acids is 2. The van der Waals surface area contributed by atoms with Crippen LogP contribution < -0.4 is 15.0 Å². The Morgan fingerprint density at radius 2 is 1.67 bits per heavy atom. The van der Waals surface area contributed by atoms with E-state index in [4.69, 9.17) is 4.74 Å². The minimum Gasteiger partial charge on any atom is -0.497 e. The van der Waals surface area contributed by atoms with Crippen LogP contribution in [0.2, 0.25) is 0 Å². The summed E-state index contributed by atoms with van der Waals surface area (Å²) in [5.41, 5.74) is 2.75. The van der Waals surface area contributed by atoms with Crippen molar-refractivity contribution in [3.8, 4) is 5.75 Å². The third kappa shape index (κ3) is 5.71. The van der Waals surface area contributed by atoms with E-state index >= 15 is 0 Å². The molecular weight excluding hydrogens is 454 g/mol. The van der Waals surface area contributed by atoms with Gasteiger partial charge in [0.2, 0.25) is 11.8 Å². The molecule has 4 aromatic rings. The maximum atomic E-state index is 13.9. The Morgan fingerprint density at radius 3 is 2.36 bits per heavy atom. The minimum atomic E-state index is -0.882. The van der Waals surface area contributed by atoms with Crippen LogP contribution in [0.15, 0.2) is 78.9 Å². The predicted octanol–water partition coefficient (Wildman–Crippen LogP) is 4.38. The molecule has 1 heterocycles.